The van der Waals surface area contributed by atoms with E-state index < -0.39 is 12.7 Å². The number of imidazole rings is 1. The highest BCUT2D eigenvalue weighted by Crippen LogP contribution is 2.18. The van der Waals surface area contributed by atoms with E-state index in [-0.39, 0.29) is 36.3 Å². The standard InChI is InChI=1S/C13H20F3N5.HI/c14-13(15,16)10-21-8-5-18-11(21)9-19-12(17)20-6-3-1-2-4-7-20;/h5,8H,1-4,6-7,9-10H2,(H2,17,19);1H. The largest absolute Gasteiger partial charge is 0.406 e. The zero-order chi connectivity index (χ0) is 15.3. The minimum absolute atomic E-state index is 0. The average Bonchev–Trinajstić information content (AvgIpc) is 2.66. The number of aliphatic imine (C=N–C) groups is 1. The third-order valence-electron chi connectivity index (χ3n) is 3.46. The highest BCUT2D eigenvalue weighted by Gasteiger charge is 2.28. The Balaban J connectivity index is 0.00000242. The van der Waals surface area contributed by atoms with Crippen molar-refractivity contribution in [2.24, 2.45) is 10.7 Å². The predicted molar refractivity (Wildman–Crippen MR) is 89.1 cm³/mol. The molecular formula is C13H21F3IN5. The van der Waals surface area contributed by atoms with E-state index in [0.717, 1.165) is 30.5 Å². The first-order chi connectivity index (χ1) is 9.96. The van der Waals surface area contributed by atoms with Gasteiger partial charge in [-0.25, -0.2) is 9.98 Å². The Morgan fingerprint density at radius 1 is 1.23 bits per heavy atom. The average molecular weight is 431 g/mol. The number of hydrogen-bond donors (Lipinski definition) is 1. The Labute approximate surface area is 144 Å². The first kappa shape index (κ1) is 19.0. The van der Waals surface area contributed by atoms with Gasteiger partial charge in [-0.1, -0.05) is 12.8 Å². The van der Waals surface area contributed by atoms with Crippen molar-refractivity contribution in [2.75, 3.05) is 13.1 Å². The van der Waals surface area contributed by atoms with E-state index in [1.807, 2.05) is 4.90 Å². The number of halogens is 4. The Kier molecular flexibility index (Phi) is 7.43. The maximum absolute atomic E-state index is 12.4. The lowest BCUT2D eigenvalue weighted by Crippen LogP contribution is -2.38. The second kappa shape index (κ2) is 8.59. The van der Waals surface area contributed by atoms with Crippen LogP contribution >= 0.6 is 24.0 Å². The summed E-state index contributed by atoms with van der Waals surface area (Å²) in [6, 6.07) is 0. The molecule has 0 saturated carbocycles. The molecule has 2 rings (SSSR count). The second-order valence-electron chi connectivity index (χ2n) is 5.16. The minimum atomic E-state index is -4.27. The fourth-order valence-electron chi connectivity index (χ4n) is 2.38. The number of rotatable bonds is 3. The third-order valence-corrected chi connectivity index (χ3v) is 3.46. The molecule has 0 radical (unpaired) electrons. The zero-order valence-corrected chi connectivity index (χ0v) is 14.6. The molecule has 1 aliphatic heterocycles. The Hall–Kier alpha value is -1.00. The van der Waals surface area contributed by atoms with Gasteiger partial charge in [0.15, 0.2) is 5.96 Å². The highest BCUT2D eigenvalue weighted by molar-refractivity contribution is 14.0. The van der Waals surface area contributed by atoms with Gasteiger partial charge in [0, 0.05) is 25.5 Å². The summed E-state index contributed by atoms with van der Waals surface area (Å²) in [7, 11) is 0. The van der Waals surface area contributed by atoms with Gasteiger partial charge in [0.25, 0.3) is 0 Å². The maximum atomic E-state index is 12.4. The molecule has 2 heterocycles. The molecule has 1 fully saturated rings. The van der Waals surface area contributed by atoms with Crippen LogP contribution in [0.1, 0.15) is 31.5 Å². The molecule has 1 saturated heterocycles. The number of likely N-dealkylation sites (tertiary alicyclic amines) is 1. The van der Waals surface area contributed by atoms with Crippen LogP contribution in [0.15, 0.2) is 17.4 Å². The van der Waals surface area contributed by atoms with Crippen LogP contribution in [0.2, 0.25) is 0 Å². The van der Waals surface area contributed by atoms with E-state index in [9.17, 15) is 13.2 Å². The summed E-state index contributed by atoms with van der Waals surface area (Å²) >= 11 is 0. The number of aromatic nitrogens is 2. The summed E-state index contributed by atoms with van der Waals surface area (Å²) in [5.74, 6) is 0.656. The molecule has 1 aromatic rings. The van der Waals surface area contributed by atoms with Crippen molar-refractivity contribution < 1.29 is 13.2 Å². The predicted octanol–water partition coefficient (Wildman–Crippen LogP) is 2.75. The van der Waals surface area contributed by atoms with Crippen LogP contribution in [0, 0.1) is 0 Å². The molecule has 9 heteroatoms. The van der Waals surface area contributed by atoms with Crippen LogP contribution < -0.4 is 5.73 Å². The molecule has 0 bridgehead atoms. The van der Waals surface area contributed by atoms with E-state index in [0.29, 0.717) is 5.96 Å². The van der Waals surface area contributed by atoms with Crippen LogP contribution in [0.25, 0.3) is 0 Å². The fourth-order valence-corrected chi connectivity index (χ4v) is 2.38. The molecule has 0 spiro atoms. The summed E-state index contributed by atoms with van der Waals surface area (Å²) in [4.78, 5) is 10.1. The van der Waals surface area contributed by atoms with Gasteiger partial charge < -0.3 is 15.2 Å². The van der Waals surface area contributed by atoms with Crippen molar-refractivity contribution in [3.05, 3.63) is 18.2 Å². The number of alkyl halides is 3. The number of guanidine groups is 1. The smallest absolute Gasteiger partial charge is 0.370 e. The number of nitrogens with zero attached hydrogens (tertiary/aromatic N) is 4. The molecule has 0 atom stereocenters. The lowest BCUT2D eigenvalue weighted by molar-refractivity contribution is -0.141. The number of hydrogen-bond acceptors (Lipinski definition) is 2. The van der Waals surface area contributed by atoms with Crippen LogP contribution in [0.5, 0.6) is 0 Å². The van der Waals surface area contributed by atoms with Crippen molar-refractivity contribution in [3.63, 3.8) is 0 Å². The van der Waals surface area contributed by atoms with Crippen molar-refractivity contribution in [1.82, 2.24) is 14.5 Å². The van der Waals surface area contributed by atoms with E-state index in [4.69, 9.17) is 5.73 Å². The highest BCUT2D eigenvalue weighted by atomic mass is 127. The van der Waals surface area contributed by atoms with Gasteiger partial charge in [-0.3, -0.25) is 0 Å². The summed E-state index contributed by atoms with van der Waals surface area (Å²) in [6.45, 7) is 0.714. The monoisotopic (exact) mass is 431 g/mol. The molecule has 2 N–H and O–H groups in total. The van der Waals surface area contributed by atoms with Crippen molar-refractivity contribution >= 4 is 29.9 Å². The van der Waals surface area contributed by atoms with Gasteiger partial charge in [-0.05, 0) is 12.8 Å². The summed E-state index contributed by atoms with van der Waals surface area (Å²) in [6.07, 6.45) is 2.88. The van der Waals surface area contributed by atoms with Crippen molar-refractivity contribution in [3.8, 4) is 0 Å². The van der Waals surface area contributed by atoms with Gasteiger partial charge in [0.05, 0.1) is 0 Å². The molecule has 1 aliphatic rings. The molecule has 0 unspecified atom stereocenters. The van der Waals surface area contributed by atoms with Crippen LogP contribution in [-0.4, -0.2) is 39.7 Å². The van der Waals surface area contributed by atoms with Crippen LogP contribution in [0.3, 0.4) is 0 Å². The normalized spacial score (nSPS) is 17.0. The quantitative estimate of drug-likeness (QED) is 0.455. The zero-order valence-electron chi connectivity index (χ0n) is 12.2. The molecule has 0 aliphatic carbocycles. The Bertz CT molecular complexity index is 478. The third kappa shape index (κ3) is 6.01. The van der Waals surface area contributed by atoms with Crippen LogP contribution in [0.4, 0.5) is 13.2 Å². The van der Waals surface area contributed by atoms with E-state index in [2.05, 4.69) is 9.98 Å². The molecule has 0 amide bonds. The van der Waals surface area contributed by atoms with Crippen molar-refractivity contribution in [1.29, 1.82) is 0 Å². The summed E-state index contributed by atoms with van der Waals surface area (Å²) in [5, 5.41) is 0. The number of nitrogens with two attached hydrogens (primary N) is 1. The van der Waals surface area contributed by atoms with Crippen molar-refractivity contribution in [2.45, 2.75) is 44.9 Å². The molecular weight excluding hydrogens is 410 g/mol. The van der Waals surface area contributed by atoms with Gasteiger partial charge in [-0.15, -0.1) is 24.0 Å². The summed E-state index contributed by atoms with van der Waals surface area (Å²) in [5.41, 5.74) is 5.93. The molecule has 22 heavy (non-hydrogen) atoms. The SMILES string of the molecule is I.NC(=NCc1nccn1CC(F)(F)F)N1CCCCCC1. The lowest BCUT2D eigenvalue weighted by atomic mass is 10.2. The Morgan fingerprint density at radius 3 is 2.45 bits per heavy atom. The molecule has 0 aromatic carbocycles. The van der Waals surface area contributed by atoms with E-state index in [1.165, 1.54) is 25.2 Å². The minimum Gasteiger partial charge on any atom is -0.370 e. The van der Waals surface area contributed by atoms with Crippen LogP contribution in [-0.2, 0) is 13.1 Å². The lowest BCUT2D eigenvalue weighted by Gasteiger charge is -2.21. The van der Waals surface area contributed by atoms with Gasteiger partial charge in [0.1, 0.15) is 18.9 Å². The van der Waals surface area contributed by atoms with E-state index in [1.54, 1.807) is 0 Å². The second-order valence-corrected chi connectivity index (χ2v) is 5.16. The molecule has 5 nitrogen and oxygen atoms in total. The van der Waals surface area contributed by atoms with Gasteiger partial charge >= 0.3 is 6.18 Å². The molecule has 126 valence electrons. The topological polar surface area (TPSA) is 59.4 Å². The first-order valence-electron chi connectivity index (χ1n) is 7.07. The first-order valence-corrected chi connectivity index (χ1v) is 7.07. The van der Waals surface area contributed by atoms with Gasteiger partial charge in [0.2, 0.25) is 0 Å². The Morgan fingerprint density at radius 2 is 1.86 bits per heavy atom. The fraction of sp³-hybridized carbons (Fsp3) is 0.692. The maximum Gasteiger partial charge on any atom is 0.406 e. The van der Waals surface area contributed by atoms with Gasteiger partial charge in [-0.2, -0.15) is 13.2 Å². The molecule has 1 aromatic heterocycles. The van der Waals surface area contributed by atoms with E-state index >= 15 is 0 Å². The summed E-state index contributed by atoms with van der Waals surface area (Å²) < 4.78 is 38.3.